The van der Waals surface area contributed by atoms with E-state index in [1.807, 2.05) is 11.9 Å². The number of hydrogen-bond acceptors (Lipinski definition) is 3. The van der Waals surface area contributed by atoms with Crippen LogP contribution in [-0.4, -0.2) is 36.9 Å². The van der Waals surface area contributed by atoms with Crippen LogP contribution in [0.25, 0.3) is 0 Å². The zero-order chi connectivity index (χ0) is 6.53. The summed E-state index contributed by atoms with van der Waals surface area (Å²) in [4.78, 5) is 0. The first-order chi connectivity index (χ1) is 4.43. The molecule has 1 fully saturated rings. The highest BCUT2D eigenvalue weighted by Gasteiger charge is 2.05. The van der Waals surface area contributed by atoms with E-state index in [9.17, 15) is 0 Å². The van der Waals surface area contributed by atoms with Crippen LogP contribution in [0.2, 0.25) is 0 Å². The van der Waals surface area contributed by atoms with Crippen molar-refractivity contribution in [3.8, 4) is 0 Å². The van der Waals surface area contributed by atoms with E-state index in [0.29, 0.717) is 0 Å². The van der Waals surface area contributed by atoms with E-state index in [1.165, 1.54) is 13.0 Å². The van der Waals surface area contributed by atoms with Gasteiger partial charge in [0.05, 0.1) is 6.61 Å². The minimum absolute atomic E-state index is 0.904. The Balaban J connectivity index is 2.18. The fourth-order valence-electron chi connectivity index (χ4n) is 0.906. The Kier molecular flexibility index (Phi) is 3.40. The van der Waals surface area contributed by atoms with E-state index in [4.69, 9.17) is 4.74 Å². The number of hydrogen-bond donors (Lipinski definition) is 0. The molecule has 0 unspecified atom stereocenters. The molecule has 2 nitrogen and oxygen atoms in total. The van der Waals surface area contributed by atoms with Crippen LogP contribution in [0.15, 0.2) is 0 Å². The molecule has 1 rings (SSSR count). The second kappa shape index (κ2) is 4.14. The van der Waals surface area contributed by atoms with E-state index in [2.05, 4.69) is 10.6 Å². The molecule has 3 heteroatoms. The standard InChI is InChI=1S/C6H13NOS/c1-9-7-3-2-5-8-6-4-7/h2-6H2,1H3. The summed E-state index contributed by atoms with van der Waals surface area (Å²) in [6.45, 7) is 4.11. The van der Waals surface area contributed by atoms with Crippen molar-refractivity contribution in [2.45, 2.75) is 6.42 Å². The van der Waals surface area contributed by atoms with Gasteiger partial charge in [0.25, 0.3) is 0 Å². The molecule has 0 saturated carbocycles. The summed E-state index contributed by atoms with van der Waals surface area (Å²) >= 11 is 1.81. The van der Waals surface area contributed by atoms with Gasteiger partial charge in [-0.2, -0.15) is 0 Å². The third-order valence-corrected chi connectivity index (χ3v) is 2.32. The largest absolute Gasteiger partial charge is 0.380 e. The van der Waals surface area contributed by atoms with Gasteiger partial charge < -0.3 is 4.74 Å². The molecule has 0 atom stereocenters. The van der Waals surface area contributed by atoms with Crippen molar-refractivity contribution in [2.75, 3.05) is 32.6 Å². The van der Waals surface area contributed by atoms with Crippen molar-refractivity contribution in [2.24, 2.45) is 0 Å². The van der Waals surface area contributed by atoms with Gasteiger partial charge in [0.2, 0.25) is 0 Å². The van der Waals surface area contributed by atoms with Gasteiger partial charge in [-0.25, -0.2) is 4.31 Å². The summed E-state index contributed by atoms with van der Waals surface area (Å²) in [6.07, 6.45) is 3.30. The van der Waals surface area contributed by atoms with Crippen LogP contribution in [0.1, 0.15) is 6.42 Å². The van der Waals surface area contributed by atoms with Crippen molar-refractivity contribution in [1.82, 2.24) is 4.31 Å². The first-order valence-electron chi connectivity index (χ1n) is 3.30. The molecule has 1 aliphatic rings. The first kappa shape index (κ1) is 7.38. The maximum Gasteiger partial charge on any atom is 0.0602 e. The molecule has 0 bridgehead atoms. The molecule has 0 aromatic heterocycles. The summed E-state index contributed by atoms with van der Waals surface area (Å²) in [5, 5.41) is 0. The highest BCUT2D eigenvalue weighted by atomic mass is 32.2. The predicted octanol–water partition coefficient (Wildman–Crippen LogP) is 0.987. The van der Waals surface area contributed by atoms with Crippen LogP contribution in [-0.2, 0) is 4.74 Å². The fourth-order valence-corrected chi connectivity index (χ4v) is 1.47. The van der Waals surface area contributed by atoms with Gasteiger partial charge in [0.1, 0.15) is 0 Å². The van der Waals surface area contributed by atoms with Crippen LogP contribution >= 0.6 is 11.9 Å². The lowest BCUT2D eigenvalue weighted by molar-refractivity contribution is 0.148. The molecule has 1 saturated heterocycles. The monoisotopic (exact) mass is 147 g/mol. The molecule has 0 aromatic carbocycles. The third-order valence-electron chi connectivity index (χ3n) is 1.44. The molecule has 0 spiro atoms. The quantitative estimate of drug-likeness (QED) is 0.513. The topological polar surface area (TPSA) is 12.5 Å². The predicted molar refractivity (Wildman–Crippen MR) is 40.5 cm³/mol. The summed E-state index contributed by atoms with van der Waals surface area (Å²) < 4.78 is 7.61. The summed E-state index contributed by atoms with van der Waals surface area (Å²) in [7, 11) is 0. The average Bonchev–Trinajstić information content (AvgIpc) is 2.13. The van der Waals surface area contributed by atoms with Crippen molar-refractivity contribution >= 4 is 11.9 Å². The highest BCUT2D eigenvalue weighted by Crippen LogP contribution is 2.07. The Labute approximate surface area is 60.7 Å². The highest BCUT2D eigenvalue weighted by molar-refractivity contribution is 7.96. The number of nitrogens with zero attached hydrogens (tertiary/aromatic N) is 1. The lowest BCUT2D eigenvalue weighted by atomic mass is 10.5. The van der Waals surface area contributed by atoms with Crippen LogP contribution < -0.4 is 0 Å². The van der Waals surface area contributed by atoms with Gasteiger partial charge in [0, 0.05) is 19.7 Å². The van der Waals surface area contributed by atoms with Gasteiger partial charge in [-0.15, -0.1) is 0 Å². The minimum Gasteiger partial charge on any atom is -0.380 e. The zero-order valence-corrected chi connectivity index (χ0v) is 6.62. The number of ether oxygens (including phenoxy) is 1. The van der Waals surface area contributed by atoms with Gasteiger partial charge in [0.15, 0.2) is 0 Å². The second-order valence-electron chi connectivity index (χ2n) is 2.08. The van der Waals surface area contributed by atoms with Crippen molar-refractivity contribution < 1.29 is 4.74 Å². The Morgan fingerprint density at radius 3 is 3.00 bits per heavy atom. The fraction of sp³-hybridized carbons (Fsp3) is 1.00. The Morgan fingerprint density at radius 2 is 2.22 bits per heavy atom. The van der Waals surface area contributed by atoms with Gasteiger partial charge in [-0.05, 0) is 12.7 Å². The molecular weight excluding hydrogens is 134 g/mol. The molecule has 0 radical (unpaired) electrons. The maximum atomic E-state index is 5.27. The first-order valence-corrected chi connectivity index (χ1v) is 4.48. The van der Waals surface area contributed by atoms with Crippen LogP contribution in [0.5, 0.6) is 0 Å². The second-order valence-corrected chi connectivity index (χ2v) is 2.96. The molecule has 0 aliphatic carbocycles. The van der Waals surface area contributed by atoms with E-state index in [1.54, 1.807) is 0 Å². The van der Waals surface area contributed by atoms with Crippen molar-refractivity contribution in [1.29, 1.82) is 0 Å². The van der Waals surface area contributed by atoms with Crippen molar-refractivity contribution in [3.63, 3.8) is 0 Å². The Hall–Kier alpha value is 0.270. The molecule has 54 valence electrons. The van der Waals surface area contributed by atoms with E-state index >= 15 is 0 Å². The lowest BCUT2D eigenvalue weighted by Gasteiger charge is -2.13. The SMILES string of the molecule is CSN1CCCOCC1. The zero-order valence-electron chi connectivity index (χ0n) is 5.80. The molecule has 1 heterocycles. The Bertz CT molecular complexity index is 71.5. The molecule has 0 N–H and O–H groups in total. The third kappa shape index (κ3) is 2.56. The summed E-state index contributed by atoms with van der Waals surface area (Å²) in [5.41, 5.74) is 0. The Morgan fingerprint density at radius 1 is 1.33 bits per heavy atom. The smallest absolute Gasteiger partial charge is 0.0602 e. The van der Waals surface area contributed by atoms with Crippen molar-refractivity contribution in [3.05, 3.63) is 0 Å². The van der Waals surface area contributed by atoms with E-state index in [0.717, 1.165) is 19.8 Å². The molecule has 0 aromatic rings. The van der Waals surface area contributed by atoms with Crippen LogP contribution in [0.3, 0.4) is 0 Å². The molecule has 1 aliphatic heterocycles. The summed E-state index contributed by atoms with van der Waals surface area (Å²) in [6, 6.07) is 0. The molecular formula is C6H13NOS. The average molecular weight is 147 g/mol. The molecule has 0 amide bonds. The lowest BCUT2D eigenvalue weighted by Crippen LogP contribution is -2.17. The van der Waals surface area contributed by atoms with Gasteiger partial charge in [-0.1, -0.05) is 11.9 Å². The van der Waals surface area contributed by atoms with Gasteiger partial charge in [-0.3, -0.25) is 0 Å². The van der Waals surface area contributed by atoms with E-state index < -0.39 is 0 Å². The van der Waals surface area contributed by atoms with Gasteiger partial charge >= 0.3 is 0 Å². The number of rotatable bonds is 1. The minimum atomic E-state index is 0.904. The molecule has 9 heavy (non-hydrogen) atoms. The summed E-state index contributed by atoms with van der Waals surface area (Å²) in [5.74, 6) is 0. The maximum absolute atomic E-state index is 5.27. The van der Waals surface area contributed by atoms with Crippen LogP contribution in [0, 0.1) is 0 Å². The normalized spacial score (nSPS) is 23.7. The van der Waals surface area contributed by atoms with Crippen LogP contribution in [0.4, 0.5) is 0 Å². The van der Waals surface area contributed by atoms with E-state index in [-0.39, 0.29) is 0 Å².